The molecule has 126 valence electrons. The molecule has 1 saturated heterocycles. The summed E-state index contributed by atoms with van der Waals surface area (Å²) in [6, 6.07) is 5.98. The van der Waals surface area contributed by atoms with Crippen LogP contribution in [0.2, 0.25) is 0 Å². The first-order chi connectivity index (χ1) is 11.5. The maximum atomic E-state index is 13.7. The number of halogens is 1. The zero-order chi connectivity index (χ0) is 17.1. The van der Waals surface area contributed by atoms with E-state index in [1.807, 2.05) is 0 Å². The van der Waals surface area contributed by atoms with Gasteiger partial charge in [0.15, 0.2) is 0 Å². The summed E-state index contributed by atoms with van der Waals surface area (Å²) in [5, 5.41) is 11.4. The van der Waals surface area contributed by atoms with Crippen LogP contribution >= 0.6 is 11.3 Å². The number of urea groups is 1. The van der Waals surface area contributed by atoms with Gasteiger partial charge < -0.3 is 9.80 Å². The summed E-state index contributed by atoms with van der Waals surface area (Å²) in [6.07, 6.45) is 0. The van der Waals surface area contributed by atoms with Crippen molar-refractivity contribution in [2.75, 3.05) is 25.0 Å². The number of benzene rings is 1. The van der Waals surface area contributed by atoms with Crippen LogP contribution in [0.15, 0.2) is 24.3 Å². The van der Waals surface area contributed by atoms with Crippen LogP contribution in [0.5, 0.6) is 0 Å². The van der Waals surface area contributed by atoms with E-state index >= 15 is 0 Å². The minimum Gasteiger partial charge on any atom is -0.335 e. The van der Waals surface area contributed by atoms with Crippen molar-refractivity contribution in [3.05, 3.63) is 40.7 Å². The zero-order valence-electron chi connectivity index (χ0n) is 13.0. The monoisotopic (exact) mass is 349 g/mol. The lowest BCUT2D eigenvalue weighted by Crippen LogP contribution is -2.52. The van der Waals surface area contributed by atoms with Gasteiger partial charge in [0.1, 0.15) is 17.4 Å². The van der Waals surface area contributed by atoms with E-state index in [9.17, 15) is 14.0 Å². The molecule has 3 amide bonds. The summed E-state index contributed by atoms with van der Waals surface area (Å²) in [5.74, 6) is -0.551. The third-order valence-electron chi connectivity index (χ3n) is 3.66. The Morgan fingerprint density at radius 1 is 1.33 bits per heavy atom. The molecule has 1 fully saturated rings. The van der Waals surface area contributed by atoms with Gasteiger partial charge in [0.05, 0.1) is 0 Å². The molecular weight excluding hydrogens is 333 g/mol. The predicted octanol–water partition coefficient (Wildman–Crippen LogP) is 1.86. The average Bonchev–Trinajstić information content (AvgIpc) is 2.96. The number of carbonyl (C=O) groups excluding carboxylic acids is 2. The van der Waals surface area contributed by atoms with Gasteiger partial charge in [-0.3, -0.25) is 10.1 Å². The number of aromatic nitrogens is 2. The molecule has 1 aliphatic rings. The standard InChI is InChI=1S/C15H16FN5O2S/c1-10-18-19-14(24-10)17-15(23)21-7-6-20(13(22)9-21)8-11-4-2-3-5-12(11)16/h2-5H,6-9H2,1H3,(H,17,19,23). The molecule has 0 aliphatic carbocycles. The predicted molar refractivity (Wildman–Crippen MR) is 87.1 cm³/mol. The number of hydrogen-bond acceptors (Lipinski definition) is 5. The first-order valence-electron chi connectivity index (χ1n) is 7.40. The van der Waals surface area contributed by atoms with E-state index in [1.54, 1.807) is 30.0 Å². The summed E-state index contributed by atoms with van der Waals surface area (Å²) in [4.78, 5) is 27.4. The number of nitrogens with one attached hydrogen (secondary N) is 1. The Morgan fingerprint density at radius 2 is 2.12 bits per heavy atom. The summed E-state index contributed by atoms with van der Waals surface area (Å²) in [6.45, 7) is 2.69. The fourth-order valence-electron chi connectivity index (χ4n) is 2.40. The third-order valence-corrected chi connectivity index (χ3v) is 4.42. The van der Waals surface area contributed by atoms with Gasteiger partial charge in [-0.2, -0.15) is 0 Å². The van der Waals surface area contributed by atoms with Crippen molar-refractivity contribution in [1.29, 1.82) is 0 Å². The molecular formula is C15H16FN5O2S. The SMILES string of the molecule is Cc1nnc(NC(=O)N2CCN(Cc3ccccc3F)C(=O)C2)s1. The second kappa shape index (κ2) is 6.91. The van der Waals surface area contributed by atoms with E-state index in [-0.39, 0.29) is 30.8 Å². The molecule has 2 aromatic rings. The molecule has 0 bridgehead atoms. The number of piperazine rings is 1. The van der Waals surface area contributed by atoms with Crippen LogP contribution in [0.25, 0.3) is 0 Å². The molecule has 3 rings (SSSR count). The lowest BCUT2D eigenvalue weighted by atomic mass is 10.2. The number of carbonyl (C=O) groups is 2. The fraction of sp³-hybridized carbons (Fsp3) is 0.333. The zero-order valence-corrected chi connectivity index (χ0v) is 13.8. The van der Waals surface area contributed by atoms with Gasteiger partial charge in [-0.15, -0.1) is 10.2 Å². The lowest BCUT2D eigenvalue weighted by molar-refractivity contribution is -0.135. The molecule has 24 heavy (non-hydrogen) atoms. The molecule has 7 nitrogen and oxygen atoms in total. The molecule has 0 atom stereocenters. The van der Waals surface area contributed by atoms with E-state index in [0.29, 0.717) is 23.8 Å². The molecule has 0 spiro atoms. The third kappa shape index (κ3) is 3.67. The Labute approximate surface area is 142 Å². The maximum absolute atomic E-state index is 13.7. The van der Waals surface area contributed by atoms with E-state index < -0.39 is 0 Å². The van der Waals surface area contributed by atoms with E-state index in [4.69, 9.17) is 0 Å². The van der Waals surface area contributed by atoms with Crippen molar-refractivity contribution in [1.82, 2.24) is 20.0 Å². The van der Waals surface area contributed by atoms with Crippen molar-refractivity contribution in [2.24, 2.45) is 0 Å². The van der Waals surface area contributed by atoms with Gasteiger partial charge >= 0.3 is 6.03 Å². The second-order valence-corrected chi connectivity index (χ2v) is 6.57. The maximum Gasteiger partial charge on any atom is 0.324 e. The Balaban J connectivity index is 1.58. The topological polar surface area (TPSA) is 78.4 Å². The van der Waals surface area contributed by atoms with Crippen LogP contribution in [-0.4, -0.2) is 51.6 Å². The summed E-state index contributed by atoms with van der Waals surface area (Å²) in [5.41, 5.74) is 0.466. The lowest BCUT2D eigenvalue weighted by Gasteiger charge is -2.34. The molecule has 1 N–H and O–H groups in total. The van der Waals surface area contributed by atoms with Crippen LogP contribution in [0, 0.1) is 12.7 Å². The van der Waals surface area contributed by atoms with Gasteiger partial charge in [0.2, 0.25) is 11.0 Å². The smallest absolute Gasteiger partial charge is 0.324 e. The van der Waals surface area contributed by atoms with E-state index in [1.165, 1.54) is 22.3 Å². The van der Waals surface area contributed by atoms with Crippen molar-refractivity contribution in [2.45, 2.75) is 13.5 Å². The highest BCUT2D eigenvalue weighted by Gasteiger charge is 2.28. The second-order valence-electron chi connectivity index (χ2n) is 5.38. The number of hydrogen-bond donors (Lipinski definition) is 1. The fourth-order valence-corrected chi connectivity index (χ4v) is 2.98. The first kappa shape index (κ1) is 16.3. The van der Waals surface area contributed by atoms with Crippen LogP contribution in [-0.2, 0) is 11.3 Å². The Hall–Kier alpha value is -2.55. The molecule has 9 heteroatoms. The van der Waals surface area contributed by atoms with Gasteiger partial charge in [0, 0.05) is 25.2 Å². The summed E-state index contributed by atoms with van der Waals surface area (Å²) >= 11 is 1.27. The van der Waals surface area contributed by atoms with Crippen molar-refractivity contribution in [3.8, 4) is 0 Å². The van der Waals surface area contributed by atoms with E-state index in [0.717, 1.165) is 5.01 Å². The molecule has 1 aromatic carbocycles. The Morgan fingerprint density at radius 3 is 2.79 bits per heavy atom. The Bertz CT molecular complexity index is 766. The molecule has 1 aliphatic heterocycles. The van der Waals surface area contributed by atoms with Gasteiger partial charge in [0.25, 0.3) is 0 Å². The van der Waals surface area contributed by atoms with Crippen LogP contribution in [0.1, 0.15) is 10.6 Å². The molecule has 0 saturated carbocycles. The van der Waals surface area contributed by atoms with Gasteiger partial charge in [-0.1, -0.05) is 29.5 Å². The molecule has 0 unspecified atom stereocenters. The summed E-state index contributed by atoms with van der Waals surface area (Å²) < 4.78 is 13.7. The highest BCUT2D eigenvalue weighted by atomic mass is 32.1. The normalized spacial score (nSPS) is 14.8. The largest absolute Gasteiger partial charge is 0.335 e. The quantitative estimate of drug-likeness (QED) is 0.917. The van der Waals surface area contributed by atoms with Crippen LogP contribution in [0.4, 0.5) is 14.3 Å². The summed E-state index contributed by atoms with van der Waals surface area (Å²) in [7, 11) is 0. The number of rotatable bonds is 3. The average molecular weight is 349 g/mol. The Kier molecular flexibility index (Phi) is 4.70. The van der Waals surface area contributed by atoms with Crippen LogP contribution in [0.3, 0.4) is 0 Å². The van der Waals surface area contributed by atoms with Crippen molar-refractivity contribution < 1.29 is 14.0 Å². The minimum absolute atomic E-state index is 0.0436. The van der Waals surface area contributed by atoms with Gasteiger partial charge in [-0.05, 0) is 13.0 Å². The van der Waals surface area contributed by atoms with E-state index in [2.05, 4.69) is 15.5 Å². The number of aryl methyl sites for hydroxylation is 1. The minimum atomic E-state index is -0.384. The number of nitrogens with zero attached hydrogens (tertiary/aromatic N) is 4. The first-order valence-corrected chi connectivity index (χ1v) is 8.22. The van der Waals surface area contributed by atoms with Crippen LogP contribution < -0.4 is 5.32 Å². The number of anilines is 1. The number of amides is 3. The highest BCUT2D eigenvalue weighted by molar-refractivity contribution is 7.15. The molecule has 0 radical (unpaired) electrons. The molecule has 2 heterocycles. The van der Waals surface area contributed by atoms with Crippen molar-refractivity contribution >= 4 is 28.4 Å². The highest BCUT2D eigenvalue weighted by Crippen LogP contribution is 2.16. The molecule has 1 aromatic heterocycles. The van der Waals surface area contributed by atoms with Gasteiger partial charge in [-0.25, -0.2) is 9.18 Å². The van der Waals surface area contributed by atoms with Crippen molar-refractivity contribution in [3.63, 3.8) is 0 Å².